The van der Waals surface area contributed by atoms with Gasteiger partial charge in [0.1, 0.15) is 11.8 Å². The molecule has 2 aliphatic carbocycles. The number of hydrogen-bond acceptors (Lipinski definition) is 4. The maximum Gasteiger partial charge on any atom is 0.328 e. The molecule has 1 amide bonds. The molecule has 2 aliphatic rings. The van der Waals surface area contributed by atoms with Crippen LogP contribution in [0.1, 0.15) is 42.7 Å². The third-order valence-electron chi connectivity index (χ3n) is 5.84. The molecule has 1 fully saturated rings. The smallest absolute Gasteiger partial charge is 0.328 e. The molecule has 144 valence electrons. The summed E-state index contributed by atoms with van der Waals surface area (Å²) < 4.78 is 4.94. The number of hydrogen-bond donors (Lipinski definition) is 1. The predicted molar refractivity (Wildman–Crippen MR) is 105 cm³/mol. The summed E-state index contributed by atoms with van der Waals surface area (Å²) in [5.74, 6) is -1.28. The Morgan fingerprint density at radius 1 is 1.04 bits per heavy atom. The number of ketones is 1. The van der Waals surface area contributed by atoms with Gasteiger partial charge in [0.05, 0.1) is 13.0 Å². The first-order valence-electron chi connectivity index (χ1n) is 9.68. The van der Waals surface area contributed by atoms with Crippen molar-refractivity contribution in [2.45, 2.75) is 37.6 Å². The number of carbonyl (C=O) groups is 3. The molecule has 2 aromatic carbocycles. The van der Waals surface area contributed by atoms with Crippen LogP contribution in [0.2, 0.25) is 0 Å². The summed E-state index contributed by atoms with van der Waals surface area (Å²) in [6.45, 7) is 0. The van der Waals surface area contributed by atoms with Crippen LogP contribution < -0.4 is 5.32 Å². The van der Waals surface area contributed by atoms with Gasteiger partial charge in [-0.05, 0) is 41.0 Å². The summed E-state index contributed by atoms with van der Waals surface area (Å²) in [5, 5.41) is 2.92. The van der Waals surface area contributed by atoms with E-state index in [1.54, 1.807) is 0 Å². The van der Waals surface area contributed by atoms with E-state index in [0.29, 0.717) is 12.8 Å². The van der Waals surface area contributed by atoms with Crippen molar-refractivity contribution in [2.75, 3.05) is 7.11 Å². The van der Waals surface area contributed by atoms with Crippen LogP contribution in [0.5, 0.6) is 0 Å². The maximum atomic E-state index is 13.3. The Labute approximate surface area is 164 Å². The van der Waals surface area contributed by atoms with Crippen molar-refractivity contribution in [1.29, 1.82) is 0 Å². The third-order valence-corrected chi connectivity index (χ3v) is 5.84. The van der Waals surface area contributed by atoms with Crippen LogP contribution in [-0.2, 0) is 19.1 Å². The second-order valence-corrected chi connectivity index (χ2v) is 7.51. The Kier molecular flexibility index (Phi) is 4.99. The van der Waals surface area contributed by atoms with Gasteiger partial charge in [-0.25, -0.2) is 4.79 Å². The zero-order chi connectivity index (χ0) is 19.7. The fourth-order valence-electron chi connectivity index (χ4n) is 4.51. The Bertz CT molecular complexity index is 890. The van der Waals surface area contributed by atoms with Gasteiger partial charge in [-0.3, -0.25) is 9.59 Å². The van der Waals surface area contributed by atoms with E-state index in [1.165, 1.54) is 7.11 Å². The average molecular weight is 377 g/mol. The van der Waals surface area contributed by atoms with E-state index in [2.05, 4.69) is 5.32 Å². The molecule has 5 heteroatoms. The SMILES string of the molecule is COC(=O)[C@H](NC(=O)C1c2ccccc2-c2ccccc21)[C@H]1CCCC(=O)C1. The molecule has 1 N–H and O–H groups in total. The minimum Gasteiger partial charge on any atom is -0.467 e. The summed E-state index contributed by atoms with van der Waals surface area (Å²) in [6, 6.07) is 14.9. The minimum absolute atomic E-state index is 0.135. The van der Waals surface area contributed by atoms with Gasteiger partial charge in [0, 0.05) is 12.8 Å². The number of fused-ring (bicyclic) bond motifs is 3. The first kappa shape index (κ1) is 18.4. The summed E-state index contributed by atoms with van der Waals surface area (Å²) in [5.41, 5.74) is 3.95. The molecular formula is C23H23NO4. The highest BCUT2D eigenvalue weighted by molar-refractivity contribution is 5.98. The lowest BCUT2D eigenvalue weighted by molar-refractivity contribution is -0.147. The van der Waals surface area contributed by atoms with Crippen molar-refractivity contribution in [2.24, 2.45) is 5.92 Å². The van der Waals surface area contributed by atoms with E-state index in [1.807, 2.05) is 48.5 Å². The Hall–Kier alpha value is -2.95. The van der Waals surface area contributed by atoms with Crippen LogP contribution in [0.25, 0.3) is 11.1 Å². The van der Waals surface area contributed by atoms with Crippen molar-refractivity contribution in [3.05, 3.63) is 59.7 Å². The summed E-state index contributed by atoms with van der Waals surface area (Å²) in [4.78, 5) is 37.6. The van der Waals surface area contributed by atoms with Gasteiger partial charge >= 0.3 is 5.97 Å². The number of Topliss-reactive ketones (excluding diaryl/α,β-unsaturated/α-hetero) is 1. The molecule has 0 bridgehead atoms. The molecule has 0 unspecified atom stereocenters. The number of benzene rings is 2. The van der Waals surface area contributed by atoms with Gasteiger partial charge in [0.2, 0.25) is 5.91 Å². The molecule has 0 heterocycles. The summed E-state index contributed by atoms with van der Waals surface area (Å²) in [7, 11) is 1.31. The van der Waals surface area contributed by atoms with Gasteiger partial charge < -0.3 is 10.1 Å². The molecule has 1 saturated carbocycles. The van der Waals surface area contributed by atoms with Crippen LogP contribution >= 0.6 is 0 Å². The topological polar surface area (TPSA) is 72.5 Å². The zero-order valence-electron chi connectivity index (χ0n) is 15.8. The highest BCUT2D eigenvalue weighted by Gasteiger charge is 2.39. The van der Waals surface area contributed by atoms with Crippen molar-refractivity contribution in [3.8, 4) is 11.1 Å². The average Bonchev–Trinajstić information content (AvgIpc) is 3.06. The van der Waals surface area contributed by atoms with Crippen molar-refractivity contribution in [1.82, 2.24) is 5.32 Å². The molecule has 4 rings (SSSR count). The largest absolute Gasteiger partial charge is 0.467 e. The van der Waals surface area contributed by atoms with Crippen LogP contribution in [0.3, 0.4) is 0 Å². The molecular weight excluding hydrogens is 354 g/mol. The predicted octanol–water partition coefficient (Wildman–Crippen LogP) is 3.22. The van der Waals surface area contributed by atoms with E-state index in [-0.39, 0.29) is 17.6 Å². The number of nitrogens with one attached hydrogen (secondary N) is 1. The van der Waals surface area contributed by atoms with Crippen molar-refractivity contribution >= 4 is 17.7 Å². The van der Waals surface area contributed by atoms with Gasteiger partial charge in [-0.2, -0.15) is 0 Å². The molecule has 5 nitrogen and oxygen atoms in total. The lowest BCUT2D eigenvalue weighted by Crippen LogP contribution is -2.49. The molecule has 0 aliphatic heterocycles. The van der Waals surface area contributed by atoms with Gasteiger partial charge in [0.15, 0.2) is 0 Å². The van der Waals surface area contributed by atoms with Gasteiger partial charge in [0.25, 0.3) is 0 Å². The second-order valence-electron chi connectivity index (χ2n) is 7.51. The minimum atomic E-state index is -0.804. The highest BCUT2D eigenvalue weighted by atomic mass is 16.5. The van der Waals surface area contributed by atoms with E-state index >= 15 is 0 Å². The molecule has 2 atom stereocenters. The summed E-state index contributed by atoms with van der Waals surface area (Å²) >= 11 is 0. The van der Waals surface area contributed by atoms with Crippen molar-refractivity contribution in [3.63, 3.8) is 0 Å². The van der Waals surface area contributed by atoms with Crippen LogP contribution in [0.15, 0.2) is 48.5 Å². The fraction of sp³-hybridized carbons (Fsp3) is 0.348. The maximum absolute atomic E-state index is 13.3. The lowest BCUT2D eigenvalue weighted by atomic mass is 9.82. The molecule has 0 spiro atoms. The Morgan fingerprint density at radius 2 is 1.64 bits per heavy atom. The monoisotopic (exact) mass is 377 g/mol. The molecule has 0 radical (unpaired) electrons. The molecule has 0 saturated heterocycles. The Morgan fingerprint density at radius 3 is 2.21 bits per heavy atom. The number of carbonyl (C=O) groups excluding carboxylic acids is 3. The zero-order valence-corrected chi connectivity index (χ0v) is 15.8. The first-order chi connectivity index (χ1) is 13.6. The van der Waals surface area contributed by atoms with Gasteiger partial charge in [-0.1, -0.05) is 48.5 Å². The van der Waals surface area contributed by atoms with E-state index in [9.17, 15) is 14.4 Å². The van der Waals surface area contributed by atoms with Crippen molar-refractivity contribution < 1.29 is 19.1 Å². The fourth-order valence-corrected chi connectivity index (χ4v) is 4.51. The third kappa shape index (κ3) is 3.21. The van der Waals surface area contributed by atoms with Crippen LogP contribution in [-0.4, -0.2) is 30.8 Å². The molecule has 2 aromatic rings. The first-order valence-corrected chi connectivity index (χ1v) is 9.68. The summed E-state index contributed by atoms with van der Waals surface area (Å²) in [6.07, 6.45) is 2.31. The second kappa shape index (κ2) is 7.58. The normalized spacial score (nSPS) is 19.5. The highest BCUT2D eigenvalue weighted by Crippen LogP contribution is 2.44. The molecule has 28 heavy (non-hydrogen) atoms. The van der Waals surface area contributed by atoms with Crippen LogP contribution in [0, 0.1) is 5.92 Å². The van der Waals surface area contributed by atoms with E-state index < -0.39 is 17.9 Å². The standard InChI is InChI=1S/C23H23NO4/c1-28-23(27)21(14-7-6-8-15(25)13-14)24-22(26)20-18-11-4-2-9-16(18)17-10-3-5-12-19(17)20/h2-5,9-12,14,20-21H,6-8,13H2,1H3,(H,24,26)/t14-,21+/m0/s1. The van der Waals surface area contributed by atoms with Gasteiger partial charge in [-0.15, -0.1) is 0 Å². The number of methoxy groups -OCH3 is 1. The number of amides is 1. The lowest BCUT2D eigenvalue weighted by Gasteiger charge is -2.29. The van der Waals surface area contributed by atoms with E-state index in [4.69, 9.17) is 4.74 Å². The number of ether oxygens (including phenoxy) is 1. The number of esters is 1. The quantitative estimate of drug-likeness (QED) is 0.831. The van der Waals surface area contributed by atoms with Crippen LogP contribution in [0.4, 0.5) is 0 Å². The van der Waals surface area contributed by atoms with E-state index in [0.717, 1.165) is 35.1 Å². The Balaban J connectivity index is 1.64. The molecule has 0 aromatic heterocycles. The number of rotatable bonds is 4.